The first kappa shape index (κ1) is 21.1. The van der Waals surface area contributed by atoms with Gasteiger partial charge in [-0.25, -0.2) is 24.3 Å². The molecular weight excluding hydrogens is 443 g/mol. The Morgan fingerprint density at radius 1 is 1.15 bits per heavy atom. The molecule has 0 aliphatic rings. The number of pyridine rings is 1. The van der Waals surface area contributed by atoms with Crippen molar-refractivity contribution in [2.24, 2.45) is 0 Å². The molecule has 0 saturated heterocycles. The molecule has 0 radical (unpaired) electrons. The standard InChI is InChI=1S/C23H19FN6O2S/c1-13(29-23-21-22(26-11-25-21)27-12-28-23)18-8-14-6-7-16(24)9-19(14)30-20(18)17-5-3-2-4-15(17)10-33(31)32/h2-9,11-13H,10H2,1H3,(H,31,32)(H2,25,26,27,28,29)/p-1/t13-/m0/s1. The first-order valence-electron chi connectivity index (χ1n) is 10.1. The Labute approximate surface area is 190 Å². The molecular formula is C23H18FN6O2S-. The van der Waals surface area contributed by atoms with Gasteiger partial charge in [-0.3, -0.25) is 4.21 Å². The van der Waals surface area contributed by atoms with E-state index < -0.39 is 16.9 Å². The summed E-state index contributed by atoms with van der Waals surface area (Å²) in [6, 6.07) is 13.3. The molecule has 3 aromatic heterocycles. The van der Waals surface area contributed by atoms with E-state index in [4.69, 9.17) is 4.98 Å². The summed E-state index contributed by atoms with van der Waals surface area (Å²) in [5.41, 5.74) is 4.36. The van der Waals surface area contributed by atoms with E-state index >= 15 is 0 Å². The van der Waals surface area contributed by atoms with Crippen LogP contribution < -0.4 is 5.32 Å². The Morgan fingerprint density at radius 3 is 2.85 bits per heavy atom. The molecule has 3 heterocycles. The lowest BCUT2D eigenvalue weighted by Crippen LogP contribution is -2.11. The SMILES string of the molecule is C[C@H](Nc1ncnc2nc[nH]c12)c1cc2ccc(F)cc2nc1-c1ccccc1CS(=O)[O-]. The second-order valence-electron chi connectivity index (χ2n) is 7.56. The van der Waals surface area contributed by atoms with E-state index in [-0.39, 0.29) is 11.8 Å². The fourth-order valence-electron chi connectivity index (χ4n) is 3.86. The van der Waals surface area contributed by atoms with Crippen molar-refractivity contribution in [3.63, 3.8) is 0 Å². The lowest BCUT2D eigenvalue weighted by Gasteiger charge is -2.21. The number of hydrogen-bond donors (Lipinski definition) is 2. The average molecular weight is 462 g/mol. The van der Waals surface area contributed by atoms with E-state index in [1.54, 1.807) is 24.5 Å². The highest BCUT2D eigenvalue weighted by Gasteiger charge is 2.19. The molecule has 0 bridgehead atoms. The lowest BCUT2D eigenvalue weighted by molar-refractivity contribution is 0.536. The summed E-state index contributed by atoms with van der Waals surface area (Å²) in [4.78, 5) is 20.4. The van der Waals surface area contributed by atoms with Crippen LogP contribution in [0.25, 0.3) is 33.3 Å². The van der Waals surface area contributed by atoms with E-state index in [2.05, 4.69) is 25.3 Å². The van der Waals surface area contributed by atoms with E-state index in [0.29, 0.717) is 39.3 Å². The minimum Gasteiger partial charge on any atom is -0.772 e. The summed E-state index contributed by atoms with van der Waals surface area (Å²) in [7, 11) is 0. The zero-order valence-corrected chi connectivity index (χ0v) is 18.3. The number of hydrogen-bond acceptors (Lipinski definition) is 7. The molecule has 0 amide bonds. The zero-order valence-electron chi connectivity index (χ0n) is 17.4. The smallest absolute Gasteiger partial charge is 0.182 e. The van der Waals surface area contributed by atoms with Crippen LogP contribution in [0.15, 0.2) is 61.2 Å². The van der Waals surface area contributed by atoms with Crippen LogP contribution in [0, 0.1) is 5.82 Å². The Hall–Kier alpha value is -3.76. The van der Waals surface area contributed by atoms with E-state index in [9.17, 15) is 13.2 Å². The minimum absolute atomic E-state index is 0.152. The molecule has 2 N–H and O–H groups in total. The molecule has 0 saturated carbocycles. The molecule has 5 aromatic rings. The van der Waals surface area contributed by atoms with Gasteiger partial charge in [0.2, 0.25) is 0 Å². The summed E-state index contributed by atoms with van der Waals surface area (Å²) in [5, 5.41) is 4.14. The highest BCUT2D eigenvalue weighted by molar-refractivity contribution is 7.78. The molecule has 33 heavy (non-hydrogen) atoms. The summed E-state index contributed by atoms with van der Waals surface area (Å²) >= 11 is -2.27. The van der Waals surface area contributed by atoms with Crippen molar-refractivity contribution in [2.45, 2.75) is 18.7 Å². The molecule has 0 fully saturated rings. The quantitative estimate of drug-likeness (QED) is 0.363. The van der Waals surface area contributed by atoms with Crippen molar-refractivity contribution in [2.75, 3.05) is 5.32 Å². The van der Waals surface area contributed by atoms with Gasteiger partial charge in [-0.05, 0) is 30.7 Å². The Balaban J connectivity index is 1.67. The molecule has 0 aliphatic heterocycles. The van der Waals surface area contributed by atoms with Crippen LogP contribution in [0.3, 0.4) is 0 Å². The summed E-state index contributed by atoms with van der Waals surface area (Å²) in [5.74, 6) is 0.0292. The van der Waals surface area contributed by atoms with Crippen LogP contribution >= 0.6 is 0 Å². The van der Waals surface area contributed by atoms with Crippen LogP contribution in [0.5, 0.6) is 0 Å². The number of benzene rings is 2. The highest BCUT2D eigenvalue weighted by atomic mass is 32.2. The van der Waals surface area contributed by atoms with Gasteiger partial charge in [-0.15, -0.1) is 0 Å². The molecule has 5 rings (SSSR count). The Kier molecular flexibility index (Phi) is 5.53. The molecule has 0 spiro atoms. The molecule has 2 aromatic carbocycles. The van der Waals surface area contributed by atoms with Crippen molar-refractivity contribution < 1.29 is 13.2 Å². The van der Waals surface area contributed by atoms with Crippen molar-refractivity contribution in [3.05, 3.63) is 78.1 Å². The summed E-state index contributed by atoms with van der Waals surface area (Å²) in [6.07, 6.45) is 2.98. The fourth-order valence-corrected chi connectivity index (χ4v) is 4.37. The van der Waals surface area contributed by atoms with Gasteiger partial charge in [0.1, 0.15) is 17.7 Å². The minimum atomic E-state index is -2.27. The van der Waals surface area contributed by atoms with Crippen molar-refractivity contribution in [1.29, 1.82) is 0 Å². The molecule has 1 unspecified atom stereocenters. The molecule has 2 atom stereocenters. The first-order chi connectivity index (χ1) is 16.0. The number of nitrogens with zero attached hydrogens (tertiary/aromatic N) is 4. The maximum absolute atomic E-state index is 13.9. The predicted molar refractivity (Wildman–Crippen MR) is 123 cm³/mol. The first-order valence-corrected chi connectivity index (χ1v) is 11.4. The third-order valence-electron chi connectivity index (χ3n) is 5.40. The second kappa shape index (κ2) is 8.64. The number of halogens is 1. The fraction of sp³-hybridized carbons (Fsp3) is 0.130. The zero-order chi connectivity index (χ0) is 22.9. The van der Waals surface area contributed by atoms with Gasteiger partial charge in [0.15, 0.2) is 11.5 Å². The third kappa shape index (κ3) is 4.18. The van der Waals surface area contributed by atoms with Crippen LogP contribution in [0.2, 0.25) is 0 Å². The van der Waals surface area contributed by atoms with Gasteiger partial charge in [-0.2, -0.15) is 0 Å². The number of fused-ring (bicyclic) bond motifs is 2. The maximum atomic E-state index is 13.9. The van der Waals surface area contributed by atoms with Gasteiger partial charge >= 0.3 is 0 Å². The molecule has 10 heteroatoms. The second-order valence-corrected chi connectivity index (χ2v) is 8.45. The van der Waals surface area contributed by atoms with Crippen LogP contribution in [-0.2, 0) is 16.8 Å². The van der Waals surface area contributed by atoms with Crippen LogP contribution in [0.4, 0.5) is 10.2 Å². The number of aromatic amines is 1. The monoisotopic (exact) mass is 461 g/mol. The van der Waals surface area contributed by atoms with Crippen molar-refractivity contribution >= 4 is 39.0 Å². The number of anilines is 1. The maximum Gasteiger partial charge on any atom is 0.182 e. The normalized spacial score (nSPS) is 13.3. The average Bonchev–Trinajstić information content (AvgIpc) is 3.28. The lowest BCUT2D eigenvalue weighted by atomic mass is 9.96. The van der Waals surface area contributed by atoms with Gasteiger partial charge in [0.05, 0.1) is 23.6 Å². The van der Waals surface area contributed by atoms with Crippen LogP contribution in [-0.4, -0.2) is 33.7 Å². The van der Waals surface area contributed by atoms with E-state index in [1.165, 1.54) is 18.5 Å². The summed E-state index contributed by atoms with van der Waals surface area (Å²) < 4.78 is 36.9. The molecule has 0 aliphatic carbocycles. The van der Waals surface area contributed by atoms with E-state index in [1.807, 2.05) is 25.1 Å². The number of imidazole rings is 1. The van der Waals surface area contributed by atoms with Gasteiger partial charge in [-0.1, -0.05) is 35.3 Å². The highest BCUT2D eigenvalue weighted by Crippen LogP contribution is 2.34. The number of aromatic nitrogens is 5. The summed E-state index contributed by atoms with van der Waals surface area (Å²) in [6.45, 7) is 1.95. The number of H-pyrrole nitrogens is 1. The van der Waals surface area contributed by atoms with Crippen LogP contribution in [0.1, 0.15) is 24.1 Å². The Morgan fingerprint density at radius 2 is 2.00 bits per heavy atom. The third-order valence-corrected chi connectivity index (χ3v) is 5.94. The van der Waals surface area contributed by atoms with Crippen molar-refractivity contribution in [3.8, 4) is 11.3 Å². The number of rotatable bonds is 6. The van der Waals surface area contributed by atoms with E-state index in [0.717, 1.165) is 10.9 Å². The topological polar surface area (TPSA) is 120 Å². The molecule has 8 nitrogen and oxygen atoms in total. The predicted octanol–water partition coefficient (Wildman–Crippen LogP) is 4.26. The molecule has 166 valence electrons. The van der Waals surface area contributed by atoms with Gasteiger partial charge < -0.3 is 14.9 Å². The Bertz CT molecular complexity index is 1510. The van der Waals surface area contributed by atoms with Gasteiger partial charge in [0.25, 0.3) is 0 Å². The van der Waals surface area contributed by atoms with Gasteiger partial charge in [0, 0.05) is 28.3 Å². The van der Waals surface area contributed by atoms with Crippen molar-refractivity contribution in [1.82, 2.24) is 24.9 Å². The number of nitrogens with one attached hydrogen (secondary N) is 2. The largest absolute Gasteiger partial charge is 0.772 e.